The molecule has 0 aromatic carbocycles. The summed E-state index contributed by atoms with van der Waals surface area (Å²) < 4.78 is 0. The quantitative estimate of drug-likeness (QED) is 0.779. The van der Waals surface area contributed by atoms with Crippen molar-refractivity contribution in [1.29, 1.82) is 5.26 Å². The predicted molar refractivity (Wildman–Crippen MR) is 65.5 cm³/mol. The highest BCUT2D eigenvalue weighted by Crippen LogP contribution is 2.27. The lowest BCUT2D eigenvalue weighted by molar-refractivity contribution is -0.139. The van der Waals surface area contributed by atoms with Crippen molar-refractivity contribution in [2.45, 2.75) is 52.0 Å². The van der Waals surface area contributed by atoms with E-state index in [2.05, 4.69) is 11.4 Å². The molecule has 0 aromatic rings. The molecule has 0 spiro atoms. The Hall–Kier alpha value is -1.57. The highest BCUT2D eigenvalue weighted by molar-refractivity contribution is 5.78. The predicted octanol–water partition coefficient (Wildman–Crippen LogP) is 1.69. The lowest BCUT2D eigenvalue weighted by atomic mass is 9.85. The Labute approximate surface area is 107 Å². The van der Waals surface area contributed by atoms with Gasteiger partial charge in [-0.3, -0.25) is 9.59 Å². The molecule has 1 saturated carbocycles. The Morgan fingerprint density at radius 2 is 2.06 bits per heavy atom. The van der Waals surface area contributed by atoms with Gasteiger partial charge in [-0.2, -0.15) is 5.26 Å². The molecule has 0 bridgehead atoms. The van der Waals surface area contributed by atoms with Crippen molar-refractivity contribution in [3.05, 3.63) is 0 Å². The zero-order chi connectivity index (χ0) is 13.8. The molecule has 18 heavy (non-hydrogen) atoms. The van der Waals surface area contributed by atoms with E-state index < -0.39 is 11.4 Å². The molecule has 2 atom stereocenters. The van der Waals surface area contributed by atoms with Crippen LogP contribution in [0, 0.1) is 22.7 Å². The first-order valence-electron chi connectivity index (χ1n) is 6.25. The molecule has 5 heteroatoms. The van der Waals surface area contributed by atoms with E-state index >= 15 is 0 Å². The maximum Gasteiger partial charge on any atom is 0.303 e. The summed E-state index contributed by atoms with van der Waals surface area (Å²) in [5, 5.41) is 20.5. The van der Waals surface area contributed by atoms with Crippen LogP contribution in [0.25, 0.3) is 0 Å². The van der Waals surface area contributed by atoms with Crippen molar-refractivity contribution in [2.75, 3.05) is 0 Å². The fourth-order valence-electron chi connectivity index (χ4n) is 2.45. The highest BCUT2D eigenvalue weighted by Gasteiger charge is 2.31. The molecule has 0 aromatic heterocycles. The second kappa shape index (κ2) is 5.85. The Morgan fingerprint density at radius 1 is 1.39 bits per heavy atom. The van der Waals surface area contributed by atoms with Crippen molar-refractivity contribution >= 4 is 11.9 Å². The van der Waals surface area contributed by atoms with Gasteiger partial charge in [-0.05, 0) is 24.7 Å². The number of nitrogens with zero attached hydrogens (tertiary/aromatic N) is 1. The summed E-state index contributed by atoms with van der Waals surface area (Å²) in [5.74, 6) is -1.16. The van der Waals surface area contributed by atoms with Crippen LogP contribution >= 0.6 is 0 Å². The van der Waals surface area contributed by atoms with Crippen LogP contribution in [0.1, 0.15) is 46.0 Å². The number of nitriles is 1. The van der Waals surface area contributed by atoms with Gasteiger partial charge in [0.1, 0.15) is 0 Å². The number of rotatable bonds is 5. The standard InChI is InChI=1S/C13H20N2O3/c1-13(2,7-12(17)18)6-11(16)15-10-5-3-4-9(10)8-14/h9-10H,3-7H2,1-2H3,(H,15,16)(H,17,18). The number of carboxylic acids is 1. The van der Waals surface area contributed by atoms with Gasteiger partial charge in [0.05, 0.1) is 18.4 Å². The molecule has 2 N–H and O–H groups in total. The van der Waals surface area contributed by atoms with Crippen LogP contribution in [0.4, 0.5) is 0 Å². The minimum absolute atomic E-state index is 0.0350. The average Bonchev–Trinajstić information content (AvgIpc) is 2.61. The molecule has 1 rings (SSSR count). The summed E-state index contributed by atoms with van der Waals surface area (Å²) in [6, 6.07) is 2.14. The Balaban J connectivity index is 2.46. The van der Waals surface area contributed by atoms with Crippen molar-refractivity contribution < 1.29 is 14.7 Å². The van der Waals surface area contributed by atoms with Crippen LogP contribution in [0.5, 0.6) is 0 Å². The molecule has 100 valence electrons. The fraction of sp³-hybridized carbons (Fsp3) is 0.769. The van der Waals surface area contributed by atoms with E-state index in [0.29, 0.717) is 0 Å². The smallest absolute Gasteiger partial charge is 0.303 e. The monoisotopic (exact) mass is 252 g/mol. The fourth-order valence-corrected chi connectivity index (χ4v) is 2.45. The molecule has 0 saturated heterocycles. The molecule has 0 radical (unpaired) electrons. The van der Waals surface area contributed by atoms with Gasteiger partial charge in [0.25, 0.3) is 0 Å². The van der Waals surface area contributed by atoms with Crippen molar-refractivity contribution in [3.63, 3.8) is 0 Å². The zero-order valence-electron chi connectivity index (χ0n) is 10.9. The molecule has 1 amide bonds. The summed E-state index contributed by atoms with van der Waals surface area (Å²) in [6.45, 7) is 3.52. The summed E-state index contributed by atoms with van der Waals surface area (Å²) in [6.07, 6.45) is 2.77. The molecule has 1 fully saturated rings. The minimum atomic E-state index is -0.899. The third kappa shape index (κ3) is 4.36. The van der Waals surface area contributed by atoms with Crippen molar-refractivity contribution in [2.24, 2.45) is 11.3 Å². The van der Waals surface area contributed by atoms with Crippen LogP contribution in [0.15, 0.2) is 0 Å². The summed E-state index contributed by atoms with van der Waals surface area (Å²) in [4.78, 5) is 22.5. The molecular weight excluding hydrogens is 232 g/mol. The molecule has 2 unspecified atom stereocenters. The van der Waals surface area contributed by atoms with Crippen LogP contribution in [-0.2, 0) is 9.59 Å². The van der Waals surface area contributed by atoms with E-state index in [-0.39, 0.29) is 30.7 Å². The average molecular weight is 252 g/mol. The third-order valence-electron chi connectivity index (χ3n) is 3.30. The Kier molecular flexibility index (Phi) is 4.71. The normalized spacial score (nSPS) is 23.4. The van der Waals surface area contributed by atoms with Gasteiger partial charge >= 0.3 is 5.97 Å². The second-order valence-corrected chi connectivity index (χ2v) is 5.75. The molecule has 5 nitrogen and oxygen atoms in total. The van der Waals surface area contributed by atoms with Gasteiger partial charge in [0.2, 0.25) is 5.91 Å². The highest BCUT2D eigenvalue weighted by atomic mass is 16.4. The number of carboxylic acid groups (broad SMARTS) is 1. The number of hydrogen-bond donors (Lipinski definition) is 2. The summed E-state index contributed by atoms with van der Waals surface area (Å²) in [5.41, 5.74) is -0.559. The van der Waals surface area contributed by atoms with E-state index in [4.69, 9.17) is 10.4 Å². The number of nitrogens with one attached hydrogen (secondary N) is 1. The number of carbonyl (C=O) groups is 2. The van der Waals surface area contributed by atoms with E-state index in [0.717, 1.165) is 19.3 Å². The Bertz CT molecular complexity index is 371. The SMILES string of the molecule is CC(C)(CC(=O)O)CC(=O)NC1CCCC1C#N. The molecule has 0 heterocycles. The first kappa shape index (κ1) is 14.5. The topological polar surface area (TPSA) is 90.2 Å². The van der Waals surface area contributed by atoms with Crippen LogP contribution < -0.4 is 5.32 Å². The zero-order valence-corrected chi connectivity index (χ0v) is 10.9. The van der Waals surface area contributed by atoms with E-state index in [1.54, 1.807) is 13.8 Å². The lowest BCUT2D eigenvalue weighted by Crippen LogP contribution is -2.39. The van der Waals surface area contributed by atoms with Gasteiger partial charge in [0, 0.05) is 12.5 Å². The van der Waals surface area contributed by atoms with Crippen LogP contribution in [-0.4, -0.2) is 23.0 Å². The second-order valence-electron chi connectivity index (χ2n) is 5.75. The Morgan fingerprint density at radius 3 is 2.61 bits per heavy atom. The van der Waals surface area contributed by atoms with E-state index in [1.807, 2.05) is 0 Å². The third-order valence-corrected chi connectivity index (χ3v) is 3.30. The first-order chi connectivity index (χ1) is 8.34. The number of amides is 1. The van der Waals surface area contributed by atoms with E-state index in [1.165, 1.54) is 0 Å². The number of aliphatic carboxylic acids is 1. The molecular formula is C13H20N2O3. The van der Waals surface area contributed by atoms with Crippen molar-refractivity contribution in [3.8, 4) is 6.07 Å². The summed E-state index contributed by atoms with van der Waals surface area (Å²) in [7, 11) is 0. The lowest BCUT2D eigenvalue weighted by Gasteiger charge is -2.23. The molecule has 0 aliphatic heterocycles. The maximum absolute atomic E-state index is 11.8. The first-order valence-corrected chi connectivity index (χ1v) is 6.25. The minimum Gasteiger partial charge on any atom is -0.481 e. The van der Waals surface area contributed by atoms with Crippen LogP contribution in [0.2, 0.25) is 0 Å². The van der Waals surface area contributed by atoms with Crippen LogP contribution in [0.3, 0.4) is 0 Å². The maximum atomic E-state index is 11.8. The molecule has 1 aliphatic rings. The van der Waals surface area contributed by atoms with E-state index in [9.17, 15) is 9.59 Å². The van der Waals surface area contributed by atoms with Gasteiger partial charge in [0.15, 0.2) is 0 Å². The van der Waals surface area contributed by atoms with Gasteiger partial charge < -0.3 is 10.4 Å². The van der Waals surface area contributed by atoms with Gasteiger partial charge in [-0.1, -0.05) is 13.8 Å². The van der Waals surface area contributed by atoms with Gasteiger partial charge in [-0.25, -0.2) is 0 Å². The largest absolute Gasteiger partial charge is 0.481 e. The van der Waals surface area contributed by atoms with Gasteiger partial charge in [-0.15, -0.1) is 0 Å². The number of carbonyl (C=O) groups excluding carboxylic acids is 1. The molecule has 1 aliphatic carbocycles. The summed E-state index contributed by atoms with van der Waals surface area (Å²) >= 11 is 0. The number of hydrogen-bond acceptors (Lipinski definition) is 3. The van der Waals surface area contributed by atoms with Crippen molar-refractivity contribution in [1.82, 2.24) is 5.32 Å².